The summed E-state index contributed by atoms with van der Waals surface area (Å²) in [6, 6.07) is 19.6. The van der Waals surface area contributed by atoms with Crippen LogP contribution in [0.25, 0.3) is 0 Å². The Bertz CT molecular complexity index is 953. The van der Waals surface area contributed by atoms with Gasteiger partial charge in [0.1, 0.15) is 0 Å². The summed E-state index contributed by atoms with van der Waals surface area (Å²) in [4.78, 5) is 23.4. The van der Waals surface area contributed by atoms with Crippen LogP contribution < -0.4 is 9.47 Å². The van der Waals surface area contributed by atoms with Crippen LogP contribution in [0.2, 0.25) is 0 Å². The number of hydrogen-bond acceptors (Lipinski definition) is 5. The number of methoxy groups -OCH3 is 1. The molecule has 0 aliphatic carbocycles. The molecule has 26 heavy (non-hydrogen) atoms. The van der Waals surface area contributed by atoms with Crippen molar-refractivity contribution in [3.63, 3.8) is 0 Å². The van der Waals surface area contributed by atoms with E-state index in [9.17, 15) is 14.9 Å². The number of carbonyl (C=O) groups is 1. The third-order valence-electron chi connectivity index (χ3n) is 3.74. The molecule has 0 fully saturated rings. The third-order valence-corrected chi connectivity index (χ3v) is 3.74. The highest BCUT2D eigenvalue weighted by Crippen LogP contribution is 2.36. The van der Waals surface area contributed by atoms with Crippen molar-refractivity contribution >= 4 is 11.5 Å². The fourth-order valence-corrected chi connectivity index (χ4v) is 2.47. The third kappa shape index (κ3) is 3.54. The summed E-state index contributed by atoms with van der Waals surface area (Å²) in [5.41, 5.74) is 0.383. The summed E-state index contributed by atoms with van der Waals surface area (Å²) in [6.07, 6.45) is 0. The van der Waals surface area contributed by atoms with Gasteiger partial charge in [-0.3, -0.25) is 14.9 Å². The van der Waals surface area contributed by atoms with E-state index >= 15 is 0 Å². The van der Waals surface area contributed by atoms with Crippen molar-refractivity contribution in [2.24, 2.45) is 0 Å². The number of carbonyl (C=O) groups excluding carboxylic acids is 1. The van der Waals surface area contributed by atoms with E-state index in [4.69, 9.17) is 9.47 Å². The molecule has 0 radical (unpaired) electrons. The van der Waals surface area contributed by atoms with Crippen LogP contribution in [-0.4, -0.2) is 17.8 Å². The standard InChI is InChI=1S/C20H15NO5/c1-25-18-9-5-6-10-19(18)26-17-12-11-15(13-16(17)21(23)24)20(22)14-7-3-2-4-8-14/h2-13H,1H3. The average molecular weight is 349 g/mol. The zero-order valence-electron chi connectivity index (χ0n) is 13.9. The molecular formula is C20H15NO5. The van der Waals surface area contributed by atoms with Crippen molar-refractivity contribution in [2.75, 3.05) is 7.11 Å². The van der Waals surface area contributed by atoms with E-state index in [1.54, 1.807) is 54.6 Å². The van der Waals surface area contributed by atoms with E-state index in [1.807, 2.05) is 0 Å². The predicted octanol–water partition coefficient (Wildman–Crippen LogP) is 4.63. The highest BCUT2D eigenvalue weighted by Gasteiger charge is 2.21. The molecule has 0 heterocycles. The molecular weight excluding hydrogens is 334 g/mol. The van der Waals surface area contributed by atoms with Crippen LogP contribution in [-0.2, 0) is 0 Å². The monoisotopic (exact) mass is 349 g/mol. The molecule has 0 bridgehead atoms. The van der Waals surface area contributed by atoms with Crippen molar-refractivity contribution in [3.05, 3.63) is 94.0 Å². The molecule has 6 heteroatoms. The van der Waals surface area contributed by atoms with E-state index in [0.29, 0.717) is 17.1 Å². The predicted molar refractivity (Wildman–Crippen MR) is 96.0 cm³/mol. The quantitative estimate of drug-likeness (QED) is 0.368. The van der Waals surface area contributed by atoms with E-state index in [2.05, 4.69) is 0 Å². The Balaban J connectivity index is 1.98. The zero-order valence-corrected chi connectivity index (χ0v) is 13.9. The minimum atomic E-state index is -0.577. The lowest BCUT2D eigenvalue weighted by Gasteiger charge is -2.11. The van der Waals surface area contributed by atoms with Gasteiger partial charge in [0.05, 0.1) is 12.0 Å². The van der Waals surface area contributed by atoms with Gasteiger partial charge >= 0.3 is 5.69 Å². The molecule has 0 amide bonds. The van der Waals surface area contributed by atoms with Crippen LogP contribution in [0, 0.1) is 10.1 Å². The topological polar surface area (TPSA) is 78.7 Å². The van der Waals surface area contributed by atoms with E-state index in [0.717, 1.165) is 0 Å². The highest BCUT2D eigenvalue weighted by atomic mass is 16.6. The maximum Gasteiger partial charge on any atom is 0.312 e. The van der Waals surface area contributed by atoms with Crippen LogP contribution >= 0.6 is 0 Å². The van der Waals surface area contributed by atoms with Gasteiger partial charge in [0, 0.05) is 17.2 Å². The van der Waals surface area contributed by atoms with Gasteiger partial charge in [0.25, 0.3) is 0 Å². The van der Waals surface area contributed by atoms with Gasteiger partial charge in [-0.05, 0) is 24.3 Å². The second-order valence-corrected chi connectivity index (χ2v) is 5.39. The number of ketones is 1. The number of nitro groups is 1. The zero-order chi connectivity index (χ0) is 18.5. The largest absolute Gasteiger partial charge is 0.493 e. The molecule has 130 valence electrons. The van der Waals surface area contributed by atoms with Crippen LogP contribution in [0.3, 0.4) is 0 Å². The fraction of sp³-hybridized carbons (Fsp3) is 0.0500. The van der Waals surface area contributed by atoms with Crippen LogP contribution in [0.15, 0.2) is 72.8 Å². The minimum Gasteiger partial charge on any atom is -0.493 e. The van der Waals surface area contributed by atoms with E-state index in [-0.39, 0.29) is 22.8 Å². The molecule has 0 saturated carbocycles. The average Bonchev–Trinajstić information content (AvgIpc) is 2.68. The smallest absolute Gasteiger partial charge is 0.312 e. The minimum absolute atomic E-state index is 0.0316. The Kier molecular flexibility index (Phi) is 4.94. The summed E-state index contributed by atoms with van der Waals surface area (Å²) in [5.74, 6) is 0.535. The van der Waals surface area contributed by atoms with Crippen LogP contribution in [0.5, 0.6) is 17.2 Å². The summed E-state index contributed by atoms with van der Waals surface area (Å²) in [5, 5.41) is 11.5. The molecule has 0 saturated heterocycles. The number of benzene rings is 3. The molecule has 3 aromatic carbocycles. The van der Waals surface area contributed by atoms with E-state index < -0.39 is 4.92 Å². The number of para-hydroxylation sites is 2. The van der Waals surface area contributed by atoms with Gasteiger partial charge in [-0.15, -0.1) is 0 Å². The van der Waals surface area contributed by atoms with Gasteiger partial charge in [-0.2, -0.15) is 0 Å². The number of ether oxygens (including phenoxy) is 2. The first-order valence-electron chi connectivity index (χ1n) is 7.79. The maximum absolute atomic E-state index is 12.5. The Labute approximate surface area is 149 Å². The Morgan fingerprint density at radius 2 is 1.50 bits per heavy atom. The second kappa shape index (κ2) is 7.48. The lowest BCUT2D eigenvalue weighted by molar-refractivity contribution is -0.385. The van der Waals surface area contributed by atoms with Crippen LogP contribution in [0.1, 0.15) is 15.9 Å². The van der Waals surface area contributed by atoms with Gasteiger partial charge in [-0.25, -0.2) is 0 Å². The number of hydrogen-bond donors (Lipinski definition) is 0. The van der Waals surface area contributed by atoms with Crippen molar-refractivity contribution in [1.82, 2.24) is 0 Å². The molecule has 6 nitrogen and oxygen atoms in total. The van der Waals surface area contributed by atoms with Crippen molar-refractivity contribution in [1.29, 1.82) is 0 Å². The molecule has 3 rings (SSSR count). The molecule has 0 aliphatic heterocycles. The van der Waals surface area contributed by atoms with E-state index in [1.165, 1.54) is 25.3 Å². The maximum atomic E-state index is 12.5. The van der Waals surface area contributed by atoms with Gasteiger partial charge < -0.3 is 9.47 Å². The van der Waals surface area contributed by atoms with Gasteiger partial charge in [-0.1, -0.05) is 42.5 Å². The first-order chi connectivity index (χ1) is 12.6. The summed E-state index contributed by atoms with van der Waals surface area (Å²) in [6.45, 7) is 0. The molecule has 0 aromatic heterocycles. The second-order valence-electron chi connectivity index (χ2n) is 5.39. The highest BCUT2D eigenvalue weighted by molar-refractivity contribution is 6.09. The van der Waals surface area contributed by atoms with Crippen LogP contribution in [0.4, 0.5) is 5.69 Å². The Hall–Kier alpha value is -3.67. The summed E-state index contributed by atoms with van der Waals surface area (Å²) >= 11 is 0. The normalized spacial score (nSPS) is 10.2. The first kappa shape index (κ1) is 17.2. The van der Waals surface area contributed by atoms with Gasteiger partial charge in [0.2, 0.25) is 5.75 Å². The summed E-state index contributed by atoms with van der Waals surface area (Å²) < 4.78 is 10.8. The molecule has 0 atom stereocenters. The number of nitrogens with zero attached hydrogens (tertiary/aromatic N) is 1. The lowest BCUT2D eigenvalue weighted by atomic mass is 10.0. The number of nitro benzene ring substituents is 1. The Morgan fingerprint density at radius 1 is 0.846 bits per heavy atom. The fourth-order valence-electron chi connectivity index (χ4n) is 2.47. The lowest BCUT2D eigenvalue weighted by Crippen LogP contribution is -2.03. The van der Waals surface area contributed by atoms with Crippen molar-refractivity contribution < 1.29 is 19.2 Å². The van der Waals surface area contributed by atoms with Gasteiger partial charge in [0.15, 0.2) is 17.3 Å². The van der Waals surface area contributed by atoms with Crippen molar-refractivity contribution in [2.45, 2.75) is 0 Å². The SMILES string of the molecule is COc1ccccc1Oc1ccc(C(=O)c2ccccc2)cc1[N+](=O)[O-]. The Morgan fingerprint density at radius 3 is 2.15 bits per heavy atom. The molecule has 0 spiro atoms. The molecule has 0 aliphatic rings. The van der Waals surface area contributed by atoms with Crippen molar-refractivity contribution in [3.8, 4) is 17.2 Å². The molecule has 3 aromatic rings. The number of rotatable bonds is 6. The molecule has 0 N–H and O–H groups in total. The first-order valence-corrected chi connectivity index (χ1v) is 7.79. The summed E-state index contributed by atoms with van der Waals surface area (Å²) in [7, 11) is 1.48. The molecule has 0 unspecified atom stereocenters.